The van der Waals surface area contributed by atoms with Crippen LogP contribution in [-0.4, -0.2) is 21.8 Å². The Morgan fingerprint density at radius 2 is 1.78 bits per heavy atom. The molecule has 2 amide bonds. The molecule has 0 aliphatic heterocycles. The number of carbonyl (C=O) groups is 2. The Hall–Kier alpha value is -3.59. The molecule has 1 heterocycles. The number of aryl methyl sites for hydroxylation is 2. The van der Waals surface area contributed by atoms with Gasteiger partial charge in [0.2, 0.25) is 5.88 Å². The number of ketones is 1. The lowest BCUT2D eigenvalue weighted by atomic mass is 10.1. The third kappa shape index (κ3) is 6.75. The number of nitrogens with zero attached hydrogens (tertiary/aromatic N) is 2. The zero-order valence-corrected chi connectivity index (χ0v) is 20.5. The first-order chi connectivity index (χ1) is 17.1. The van der Waals surface area contributed by atoms with Gasteiger partial charge in [0.15, 0.2) is 0 Å². The Morgan fingerprint density at radius 3 is 2.44 bits per heavy atom. The topological polar surface area (TPSA) is 93.2 Å². The van der Waals surface area contributed by atoms with E-state index in [0.717, 1.165) is 37.1 Å². The zero-order chi connectivity index (χ0) is 25.9. The molecule has 2 N–H and O–H groups in total. The number of Topliss-reactive ketones (excluding diaryl/α,β-unsaturated/α-hetero) is 1. The second-order valence-corrected chi connectivity index (χ2v) is 9.24. The fraction of sp³-hybridized carbons (Fsp3) is 0.308. The van der Waals surface area contributed by atoms with Gasteiger partial charge in [-0.1, -0.05) is 11.6 Å². The Morgan fingerprint density at radius 1 is 1.08 bits per heavy atom. The Kier molecular flexibility index (Phi) is 7.49. The van der Waals surface area contributed by atoms with E-state index in [-0.39, 0.29) is 28.0 Å². The first-order valence-corrected chi connectivity index (χ1v) is 11.8. The molecular weight excluding hydrogens is 490 g/mol. The van der Waals surface area contributed by atoms with Crippen molar-refractivity contribution in [1.82, 2.24) is 9.97 Å². The highest BCUT2D eigenvalue weighted by Gasteiger charge is 2.29. The molecule has 0 radical (unpaired) electrons. The van der Waals surface area contributed by atoms with Gasteiger partial charge in [0.1, 0.15) is 17.9 Å². The second-order valence-electron chi connectivity index (χ2n) is 8.83. The van der Waals surface area contributed by atoms with Crippen molar-refractivity contribution in [3.63, 3.8) is 0 Å². The van der Waals surface area contributed by atoms with Gasteiger partial charge in [-0.15, -0.1) is 0 Å². The number of nitrogens with one attached hydrogen (secondary N) is 2. The maximum atomic E-state index is 13.7. The lowest BCUT2D eigenvalue weighted by molar-refractivity contribution is -0.120. The van der Waals surface area contributed by atoms with Crippen LogP contribution < -0.4 is 15.4 Å². The summed E-state index contributed by atoms with van der Waals surface area (Å²) < 4.78 is 33.3. The second kappa shape index (κ2) is 10.6. The molecule has 0 bridgehead atoms. The van der Waals surface area contributed by atoms with Crippen LogP contribution in [0.1, 0.15) is 43.0 Å². The standard InChI is InChI=1S/C26H25ClF2N4O3/c1-15-11-18(32-25(35)33-19-5-8-21(27)20(12-19)26(2,28)29)7-10-23(15)36-24-13-17(30-14-31-24)6-9-22(34)16-3-4-16/h5,7-8,10-14,16H,3-4,6,9H2,1-2H3,(H2,32,33,35). The lowest BCUT2D eigenvalue weighted by Gasteiger charge is -2.15. The third-order valence-corrected chi connectivity index (χ3v) is 6.03. The van der Waals surface area contributed by atoms with Crippen LogP contribution in [0.5, 0.6) is 11.6 Å². The van der Waals surface area contributed by atoms with E-state index in [2.05, 4.69) is 20.6 Å². The highest BCUT2D eigenvalue weighted by Crippen LogP contribution is 2.35. The van der Waals surface area contributed by atoms with Crippen LogP contribution in [0.15, 0.2) is 48.8 Å². The van der Waals surface area contributed by atoms with Crippen LogP contribution in [-0.2, 0) is 17.1 Å². The molecule has 1 saturated carbocycles. The smallest absolute Gasteiger partial charge is 0.323 e. The summed E-state index contributed by atoms with van der Waals surface area (Å²) in [6.45, 7) is 2.55. The lowest BCUT2D eigenvalue weighted by Crippen LogP contribution is -2.20. The minimum atomic E-state index is -3.14. The zero-order valence-electron chi connectivity index (χ0n) is 19.8. The molecule has 1 aromatic heterocycles. The minimum Gasteiger partial charge on any atom is -0.439 e. The molecule has 10 heteroatoms. The largest absolute Gasteiger partial charge is 0.439 e. The maximum absolute atomic E-state index is 13.7. The van der Waals surface area contributed by atoms with Crippen LogP contribution >= 0.6 is 11.6 Å². The number of rotatable bonds is 9. The van der Waals surface area contributed by atoms with E-state index in [1.54, 1.807) is 24.3 Å². The number of aromatic nitrogens is 2. The molecule has 36 heavy (non-hydrogen) atoms. The Balaban J connectivity index is 1.36. The fourth-order valence-corrected chi connectivity index (χ4v) is 3.90. The van der Waals surface area contributed by atoms with E-state index in [1.807, 2.05) is 6.92 Å². The number of anilines is 2. The third-order valence-electron chi connectivity index (χ3n) is 5.70. The first kappa shape index (κ1) is 25.5. The van der Waals surface area contributed by atoms with E-state index in [1.165, 1.54) is 18.5 Å². The molecule has 7 nitrogen and oxygen atoms in total. The van der Waals surface area contributed by atoms with Crippen molar-refractivity contribution in [3.8, 4) is 11.6 Å². The Bertz CT molecular complexity index is 1290. The van der Waals surface area contributed by atoms with Crippen molar-refractivity contribution in [2.24, 2.45) is 5.92 Å². The summed E-state index contributed by atoms with van der Waals surface area (Å²) in [5.41, 5.74) is 1.75. The van der Waals surface area contributed by atoms with Gasteiger partial charge in [0, 0.05) is 53.0 Å². The van der Waals surface area contributed by atoms with Crippen LogP contribution in [0.4, 0.5) is 25.0 Å². The summed E-state index contributed by atoms with van der Waals surface area (Å²) >= 11 is 5.85. The quantitative estimate of drug-likeness (QED) is 0.324. The summed E-state index contributed by atoms with van der Waals surface area (Å²) in [5, 5.41) is 5.11. The number of alkyl halides is 2. The molecule has 0 saturated heterocycles. The van der Waals surface area contributed by atoms with Crippen molar-refractivity contribution < 1.29 is 23.1 Å². The summed E-state index contributed by atoms with van der Waals surface area (Å²) in [5.74, 6) is -1.75. The number of hydrogen-bond acceptors (Lipinski definition) is 5. The van der Waals surface area contributed by atoms with Gasteiger partial charge in [-0.05, 0) is 68.1 Å². The molecule has 1 aliphatic carbocycles. The predicted molar refractivity (Wildman–Crippen MR) is 133 cm³/mol. The summed E-state index contributed by atoms with van der Waals surface area (Å²) in [7, 11) is 0. The van der Waals surface area contributed by atoms with Crippen molar-refractivity contribution >= 4 is 34.8 Å². The number of ether oxygens (including phenoxy) is 1. The first-order valence-electron chi connectivity index (χ1n) is 11.5. The van der Waals surface area contributed by atoms with Gasteiger partial charge < -0.3 is 15.4 Å². The minimum absolute atomic E-state index is 0.0813. The molecule has 1 aliphatic rings. The fourth-order valence-electron chi connectivity index (χ4n) is 3.62. The van der Waals surface area contributed by atoms with Gasteiger partial charge in [0.05, 0.1) is 0 Å². The van der Waals surface area contributed by atoms with Crippen LogP contribution in [0.25, 0.3) is 0 Å². The SMILES string of the molecule is Cc1cc(NC(=O)Nc2ccc(Cl)c(C(C)(F)F)c2)ccc1Oc1cc(CCC(=O)C2CC2)ncn1. The molecule has 3 aromatic rings. The summed E-state index contributed by atoms with van der Waals surface area (Å²) in [4.78, 5) is 32.7. The van der Waals surface area contributed by atoms with Gasteiger partial charge >= 0.3 is 6.03 Å². The predicted octanol–water partition coefficient (Wildman–Crippen LogP) is 6.90. The number of amides is 2. The molecule has 188 valence electrons. The normalized spacial score (nSPS) is 13.2. The monoisotopic (exact) mass is 514 g/mol. The van der Waals surface area contributed by atoms with E-state index in [9.17, 15) is 18.4 Å². The van der Waals surface area contributed by atoms with E-state index in [4.69, 9.17) is 16.3 Å². The molecule has 2 aromatic carbocycles. The van der Waals surface area contributed by atoms with Gasteiger partial charge in [-0.25, -0.2) is 23.5 Å². The number of benzene rings is 2. The molecular formula is C26H25ClF2N4O3. The van der Waals surface area contributed by atoms with E-state index >= 15 is 0 Å². The molecule has 1 fully saturated rings. The maximum Gasteiger partial charge on any atom is 0.323 e. The van der Waals surface area contributed by atoms with Crippen LogP contribution in [0.2, 0.25) is 5.02 Å². The number of urea groups is 1. The average molecular weight is 515 g/mol. The average Bonchev–Trinajstić information content (AvgIpc) is 3.66. The number of carbonyl (C=O) groups excluding carboxylic acids is 2. The highest BCUT2D eigenvalue weighted by atomic mass is 35.5. The van der Waals surface area contributed by atoms with E-state index in [0.29, 0.717) is 30.2 Å². The van der Waals surface area contributed by atoms with Crippen molar-refractivity contribution in [2.75, 3.05) is 10.6 Å². The van der Waals surface area contributed by atoms with Gasteiger partial charge in [-0.3, -0.25) is 4.79 Å². The van der Waals surface area contributed by atoms with Crippen LogP contribution in [0.3, 0.4) is 0 Å². The molecule has 0 unspecified atom stereocenters. The van der Waals surface area contributed by atoms with Crippen molar-refractivity contribution in [3.05, 3.63) is 70.6 Å². The number of halogens is 3. The summed E-state index contributed by atoms with van der Waals surface area (Å²) in [6.07, 6.45) is 4.38. The Labute approximate surface area is 212 Å². The molecule has 4 rings (SSSR count). The van der Waals surface area contributed by atoms with Gasteiger partial charge in [0.25, 0.3) is 5.92 Å². The molecule has 0 atom stereocenters. The van der Waals surface area contributed by atoms with E-state index < -0.39 is 12.0 Å². The summed E-state index contributed by atoms with van der Waals surface area (Å²) in [6, 6.07) is 10.0. The van der Waals surface area contributed by atoms with Gasteiger partial charge in [-0.2, -0.15) is 0 Å². The highest BCUT2D eigenvalue weighted by molar-refractivity contribution is 6.31. The van der Waals surface area contributed by atoms with Crippen molar-refractivity contribution in [1.29, 1.82) is 0 Å². The van der Waals surface area contributed by atoms with Crippen LogP contribution in [0, 0.1) is 12.8 Å². The number of hydrogen-bond donors (Lipinski definition) is 2. The molecule has 0 spiro atoms. The van der Waals surface area contributed by atoms with Crippen molar-refractivity contribution in [2.45, 2.75) is 45.5 Å².